The maximum Gasteiger partial charge on any atom is 0.316 e. The minimum absolute atomic E-state index is 0.0446. The van der Waals surface area contributed by atoms with Gasteiger partial charge in [-0.25, -0.2) is 0 Å². The second-order valence-electron chi connectivity index (χ2n) is 9.33. The van der Waals surface area contributed by atoms with Crippen LogP contribution < -0.4 is 0 Å². The van der Waals surface area contributed by atoms with Crippen LogP contribution in [0.3, 0.4) is 0 Å². The summed E-state index contributed by atoms with van der Waals surface area (Å²) in [5.74, 6) is 1.17. The third-order valence-corrected chi connectivity index (χ3v) is 5.84. The summed E-state index contributed by atoms with van der Waals surface area (Å²) in [5, 5.41) is 0. The van der Waals surface area contributed by atoms with Crippen LogP contribution in [0.1, 0.15) is 66.7 Å². The van der Waals surface area contributed by atoms with Gasteiger partial charge in [0.05, 0.1) is 24.7 Å². The molecule has 1 fully saturated rings. The van der Waals surface area contributed by atoms with Crippen molar-refractivity contribution in [3.05, 3.63) is 11.6 Å². The van der Waals surface area contributed by atoms with Crippen molar-refractivity contribution >= 4 is 5.97 Å². The van der Waals surface area contributed by atoms with Crippen molar-refractivity contribution in [2.45, 2.75) is 72.3 Å². The largest absolute Gasteiger partial charge is 0.465 e. The number of hydrogen-bond acceptors (Lipinski definition) is 4. The standard InChI is InChI=1S/C22H38O4/c1-7-25-20(23)18-12-19(18)21(2,3)15-22(4,5)26-14-17-10-8-16(9-11-17)13-24-6/h12,16-18H,7-11,13-15H2,1-6H3/t16?,17?,18-/m1/s1. The quantitative estimate of drug-likeness (QED) is 0.413. The predicted octanol–water partition coefficient (Wildman–Crippen LogP) is 4.77. The molecule has 2 aliphatic rings. The maximum atomic E-state index is 11.9. The summed E-state index contributed by atoms with van der Waals surface area (Å²) in [6.07, 6.45) is 7.93. The number of hydrogen-bond donors (Lipinski definition) is 0. The average molecular weight is 367 g/mol. The van der Waals surface area contributed by atoms with Crippen molar-refractivity contribution in [1.29, 1.82) is 0 Å². The van der Waals surface area contributed by atoms with Gasteiger partial charge in [-0.2, -0.15) is 0 Å². The van der Waals surface area contributed by atoms with Crippen LogP contribution in [0.15, 0.2) is 11.6 Å². The van der Waals surface area contributed by atoms with Crippen LogP contribution in [-0.4, -0.2) is 38.5 Å². The molecule has 26 heavy (non-hydrogen) atoms. The molecule has 0 radical (unpaired) electrons. The normalized spacial score (nSPS) is 26.4. The number of carbonyl (C=O) groups excluding carboxylic acids is 1. The Morgan fingerprint density at radius 1 is 1.08 bits per heavy atom. The third kappa shape index (κ3) is 6.09. The first kappa shape index (κ1) is 21.4. The Hall–Kier alpha value is -0.870. The Kier molecular flexibility index (Phi) is 7.32. The SMILES string of the molecule is CCOC(=O)[C@@H]1C=C1C(C)(C)CC(C)(C)OCC1CCC(COC)CC1. The fourth-order valence-corrected chi connectivity index (χ4v) is 4.57. The summed E-state index contributed by atoms with van der Waals surface area (Å²) < 4.78 is 16.8. The summed E-state index contributed by atoms with van der Waals surface area (Å²) in [6.45, 7) is 12.8. The van der Waals surface area contributed by atoms with Gasteiger partial charge in [-0.05, 0) is 75.7 Å². The molecule has 1 atom stereocenters. The monoisotopic (exact) mass is 366 g/mol. The highest BCUT2D eigenvalue weighted by molar-refractivity contribution is 5.83. The molecule has 0 aromatic carbocycles. The van der Waals surface area contributed by atoms with Crippen molar-refractivity contribution < 1.29 is 19.0 Å². The van der Waals surface area contributed by atoms with E-state index in [1.54, 1.807) is 7.11 Å². The first-order chi connectivity index (χ1) is 12.2. The molecule has 1 saturated carbocycles. The summed E-state index contributed by atoms with van der Waals surface area (Å²) in [5.41, 5.74) is 0.958. The third-order valence-electron chi connectivity index (χ3n) is 5.84. The van der Waals surface area contributed by atoms with Crippen molar-refractivity contribution in [3.63, 3.8) is 0 Å². The molecule has 0 N–H and O–H groups in total. The zero-order valence-electron chi connectivity index (χ0n) is 17.6. The lowest BCUT2D eigenvalue weighted by atomic mass is 9.78. The smallest absolute Gasteiger partial charge is 0.316 e. The van der Waals surface area contributed by atoms with Crippen LogP contribution in [0.25, 0.3) is 0 Å². The van der Waals surface area contributed by atoms with Gasteiger partial charge in [0.15, 0.2) is 0 Å². The highest BCUT2D eigenvalue weighted by atomic mass is 16.5. The number of esters is 1. The Morgan fingerprint density at radius 3 is 2.19 bits per heavy atom. The lowest BCUT2D eigenvalue weighted by molar-refractivity contribution is -0.144. The Labute approximate surface area is 159 Å². The van der Waals surface area contributed by atoms with Gasteiger partial charge in [0.25, 0.3) is 0 Å². The summed E-state index contributed by atoms with van der Waals surface area (Å²) >= 11 is 0. The molecule has 0 aromatic heterocycles. The zero-order chi connectivity index (χ0) is 19.4. The maximum absolute atomic E-state index is 11.9. The molecular formula is C22H38O4. The van der Waals surface area contributed by atoms with E-state index in [-0.39, 0.29) is 22.9 Å². The van der Waals surface area contributed by atoms with Crippen LogP contribution >= 0.6 is 0 Å². The number of methoxy groups -OCH3 is 1. The van der Waals surface area contributed by atoms with Gasteiger partial charge >= 0.3 is 5.97 Å². The van der Waals surface area contributed by atoms with Crippen LogP contribution in [-0.2, 0) is 19.0 Å². The summed E-state index contributed by atoms with van der Waals surface area (Å²) in [7, 11) is 1.79. The molecule has 4 heteroatoms. The Balaban J connectivity index is 1.76. The molecule has 2 rings (SSSR count). The summed E-state index contributed by atoms with van der Waals surface area (Å²) in [4.78, 5) is 11.9. The fourth-order valence-electron chi connectivity index (χ4n) is 4.57. The Bertz CT molecular complexity index is 498. The van der Waals surface area contributed by atoms with Gasteiger partial charge in [-0.1, -0.05) is 19.9 Å². The van der Waals surface area contributed by atoms with Crippen LogP contribution in [0, 0.1) is 23.2 Å². The second-order valence-corrected chi connectivity index (χ2v) is 9.33. The molecule has 0 saturated heterocycles. The van der Waals surface area contributed by atoms with Gasteiger partial charge in [0.1, 0.15) is 0 Å². The first-order valence-corrected chi connectivity index (χ1v) is 10.2. The van der Waals surface area contributed by atoms with Crippen LogP contribution in [0.4, 0.5) is 0 Å². The van der Waals surface area contributed by atoms with Crippen LogP contribution in [0.5, 0.6) is 0 Å². The van der Waals surface area contributed by atoms with Gasteiger partial charge in [0.2, 0.25) is 0 Å². The highest BCUT2D eigenvalue weighted by Crippen LogP contribution is 2.48. The van der Waals surface area contributed by atoms with Crippen molar-refractivity contribution in [1.82, 2.24) is 0 Å². The van der Waals surface area contributed by atoms with E-state index in [1.165, 1.54) is 31.3 Å². The molecule has 2 aliphatic carbocycles. The van der Waals surface area contributed by atoms with E-state index in [2.05, 4.69) is 27.7 Å². The number of ether oxygens (including phenoxy) is 3. The molecule has 150 valence electrons. The number of carbonyl (C=O) groups is 1. The zero-order valence-corrected chi connectivity index (χ0v) is 17.6. The van der Waals surface area contributed by atoms with E-state index in [0.29, 0.717) is 12.5 Å². The van der Waals surface area contributed by atoms with Gasteiger partial charge in [-0.3, -0.25) is 4.79 Å². The van der Waals surface area contributed by atoms with E-state index in [1.807, 2.05) is 13.0 Å². The lowest BCUT2D eigenvalue weighted by Crippen LogP contribution is -2.34. The molecule has 0 aliphatic heterocycles. The number of rotatable bonds is 10. The van der Waals surface area contributed by atoms with Gasteiger partial charge in [-0.15, -0.1) is 0 Å². The van der Waals surface area contributed by atoms with E-state index in [4.69, 9.17) is 14.2 Å². The highest BCUT2D eigenvalue weighted by Gasteiger charge is 2.45. The molecule has 0 unspecified atom stereocenters. The molecule has 0 heterocycles. The second kappa shape index (κ2) is 8.88. The minimum atomic E-state index is -0.199. The van der Waals surface area contributed by atoms with Gasteiger partial charge in [0, 0.05) is 13.7 Å². The minimum Gasteiger partial charge on any atom is -0.465 e. The van der Waals surface area contributed by atoms with Crippen molar-refractivity contribution in [2.24, 2.45) is 23.2 Å². The average Bonchev–Trinajstić information content (AvgIpc) is 3.35. The summed E-state index contributed by atoms with van der Waals surface area (Å²) in [6, 6.07) is 0. The first-order valence-electron chi connectivity index (χ1n) is 10.2. The van der Waals surface area contributed by atoms with Crippen molar-refractivity contribution in [3.8, 4) is 0 Å². The topological polar surface area (TPSA) is 44.8 Å². The molecular weight excluding hydrogens is 328 g/mol. The predicted molar refractivity (Wildman–Crippen MR) is 104 cm³/mol. The van der Waals surface area contributed by atoms with Crippen molar-refractivity contribution in [2.75, 3.05) is 26.9 Å². The molecule has 0 spiro atoms. The Morgan fingerprint density at radius 2 is 1.65 bits per heavy atom. The molecule has 0 aromatic rings. The lowest BCUT2D eigenvalue weighted by Gasteiger charge is -2.36. The van der Waals surface area contributed by atoms with E-state index < -0.39 is 0 Å². The van der Waals surface area contributed by atoms with Crippen LogP contribution in [0.2, 0.25) is 0 Å². The van der Waals surface area contributed by atoms with E-state index in [0.717, 1.165) is 25.6 Å². The molecule has 0 bridgehead atoms. The fraction of sp³-hybridized carbons (Fsp3) is 0.864. The molecule has 4 nitrogen and oxygen atoms in total. The molecule has 0 amide bonds. The van der Waals surface area contributed by atoms with E-state index in [9.17, 15) is 4.79 Å². The van der Waals surface area contributed by atoms with E-state index >= 15 is 0 Å². The van der Waals surface area contributed by atoms with Gasteiger partial charge < -0.3 is 14.2 Å².